The van der Waals surface area contributed by atoms with E-state index in [0.29, 0.717) is 18.5 Å². The summed E-state index contributed by atoms with van der Waals surface area (Å²) in [5, 5.41) is 14.6. The van der Waals surface area contributed by atoms with Crippen LogP contribution in [0.15, 0.2) is 6.07 Å². The van der Waals surface area contributed by atoms with Crippen molar-refractivity contribution < 1.29 is 23.1 Å². The fraction of sp³-hybridized carbons (Fsp3) is 0.462. The van der Waals surface area contributed by atoms with Crippen LogP contribution in [0.5, 0.6) is 5.75 Å². The highest BCUT2D eigenvalue weighted by Gasteiger charge is 2.22. The minimum Gasteiger partial charge on any atom is -0.503 e. The maximum absolute atomic E-state index is 13.5. The first-order chi connectivity index (χ1) is 9.50. The van der Waals surface area contributed by atoms with Gasteiger partial charge in [-0.15, -0.1) is 0 Å². The van der Waals surface area contributed by atoms with Crippen LogP contribution in [-0.2, 0) is 0 Å². The van der Waals surface area contributed by atoms with Crippen LogP contribution in [0.2, 0.25) is 0 Å². The first kappa shape index (κ1) is 14.6. The molecule has 20 heavy (non-hydrogen) atoms. The molecule has 0 radical (unpaired) electrons. The molecule has 110 valence electrons. The average Bonchev–Trinajstić information content (AvgIpc) is 3.24. The van der Waals surface area contributed by atoms with Crippen molar-refractivity contribution in [3.8, 4) is 5.75 Å². The summed E-state index contributed by atoms with van der Waals surface area (Å²) >= 11 is 0. The van der Waals surface area contributed by atoms with Crippen molar-refractivity contribution in [2.75, 3.05) is 13.1 Å². The number of aromatic hydroxyl groups is 1. The highest BCUT2D eigenvalue weighted by molar-refractivity contribution is 5.94. The summed E-state index contributed by atoms with van der Waals surface area (Å²) in [6, 6.07) is 0.994. The number of hydrogen-bond donors (Lipinski definition) is 3. The summed E-state index contributed by atoms with van der Waals surface area (Å²) in [4.78, 5) is 11.6. The van der Waals surface area contributed by atoms with Gasteiger partial charge in [-0.2, -0.15) is 4.39 Å². The molecule has 0 spiro atoms. The lowest BCUT2D eigenvalue weighted by Gasteiger charge is -2.08. The van der Waals surface area contributed by atoms with Gasteiger partial charge in [0.05, 0.1) is 5.56 Å². The Morgan fingerprint density at radius 2 is 1.95 bits per heavy atom. The van der Waals surface area contributed by atoms with Crippen molar-refractivity contribution in [3.05, 3.63) is 29.1 Å². The van der Waals surface area contributed by atoms with Crippen LogP contribution >= 0.6 is 0 Å². The quantitative estimate of drug-likeness (QED) is 0.551. The summed E-state index contributed by atoms with van der Waals surface area (Å²) in [7, 11) is 0. The van der Waals surface area contributed by atoms with Gasteiger partial charge < -0.3 is 15.7 Å². The van der Waals surface area contributed by atoms with Gasteiger partial charge in [0.25, 0.3) is 5.91 Å². The topological polar surface area (TPSA) is 61.4 Å². The second kappa shape index (κ2) is 6.13. The summed E-state index contributed by atoms with van der Waals surface area (Å²) in [6.07, 6.45) is 2.96. The second-order valence-electron chi connectivity index (χ2n) is 4.72. The summed E-state index contributed by atoms with van der Waals surface area (Å²) in [6.45, 7) is 0.994. The van der Waals surface area contributed by atoms with E-state index in [1.54, 1.807) is 0 Å². The number of rotatable bonds is 6. The normalized spacial score (nSPS) is 14.3. The predicted octanol–water partition coefficient (Wildman–Crippen LogP) is 1.68. The molecule has 7 heteroatoms. The van der Waals surface area contributed by atoms with Crippen LogP contribution in [-0.4, -0.2) is 30.1 Å². The number of phenolic OH excluding ortho intramolecular Hbond substituents is 1. The predicted molar refractivity (Wildman–Crippen MR) is 66.0 cm³/mol. The third kappa shape index (κ3) is 3.41. The Labute approximate surface area is 114 Å². The van der Waals surface area contributed by atoms with Crippen molar-refractivity contribution in [2.24, 2.45) is 0 Å². The van der Waals surface area contributed by atoms with Crippen LogP contribution in [0.25, 0.3) is 0 Å². The number of nitrogens with one attached hydrogen (secondary N) is 2. The number of carbonyl (C=O) groups is 1. The average molecular weight is 288 g/mol. The van der Waals surface area contributed by atoms with E-state index in [0.717, 1.165) is 19.4 Å². The number of hydrogen-bond acceptors (Lipinski definition) is 3. The lowest BCUT2D eigenvalue weighted by molar-refractivity contribution is 0.0947. The second-order valence-corrected chi connectivity index (χ2v) is 4.72. The van der Waals surface area contributed by atoms with Crippen LogP contribution in [0.4, 0.5) is 13.2 Å². The fourth-order valence-corrected chi connectivity index (χ4v) is 1.73. The zero-order valence-corrected chi connectivity index (χ0v) is 10.7. The molecule has 0 bridgehead atoms. The molecule has 3 N–H and O–H groups in total. The Hall–Kier alpha value is -1.76. The van der Waals surface area contributed by atoms with E-state index in [2.05, 4.69) is 10.6 Å². The van der Waals surface area contributed by atoms with Crippen molar-refractivity contribution in [2.45, 2.75) is 25.3 Å². The number of amides is 1. The molecule has 0 saturated heterocycles. The zero-order valence-electron chi connectivity index (χ0n) is 10.7. The van der Waals surface area contributed by atoms with E-state index in [-0.39, 0.29) is 6.54 Å². The molecule has 0 atom stereocenters. The van der Waals surface area contributed by atoms with Gasteiger partial charge in [-0.3, -0.25) is 4.79 Å². The number of halogens is 3. The first-order valence-electron chi connectivity index (χ1n) is 6.38. The standard InChI is InChI=1S/C13H15F3N2O2/c14-9-6-8(10(15)12(19)11(9)16)13(20)18-5-1-4-17-7-2-3-7/h6-7,17,19H,1-5H2,(H,18,20). The lowest BCUT2D eigenvalue weighted by Crippen LogP contribution is -2.28. The molecule has 4 nitrogen and oxygen atoms in total. The third-order valence-electron chi connectivity index (χ3n) is 3.03. The van der Waals surface area contributed by atoms with Gasteiger partial charge in [-0.05, 0) is 31.9 Å². The highest BCUT2D eigenvalue weighted by atomic mass is 19.2. The monoisotopic (exact) mass is 288 g/mol. The van der Waals surface area contributed by atoms with Crippen molar-refractivity contribution >= 4 is 5.91 Å². The Morgan fingerprint density at radius 1 is 1.25 bits per heavy atom. The van der Waals surface area contributed by atoms with Gasteiger partial charge in [-0.1, -0.05) is 0 Å². The molecule has 1 saturated carbocycles. The maximum Gasteiger partial charge on any atom is 0.254 e. The van der Waals surface area contributed by atoms with Crippen molar-refractivity contribution in [3.63, 3.8) is 0 Å². The molecule has 0 aromatic heterocycles. The lowest BCUT2D eigenvalue weighted by atomic mass is 10.1. The highest BCUT2D eigenvalue weighted by Crippen LogP contribution is 2.25. The van der Waals surface area contributed by atoms with Crippen molar-refractivity contribution in [1.82, 2.24) is 10.6 Å². The van der Waals surface area contributed by atoms with E-state index in [4.69, 9.17) is 5.11 Å². The largest absolute Gasteiger partial charge is 0.503 e. The van der Waals surface area contributed by atoms with E-state index in [1.165, 1.54) is 0 Å². The number of phenols is 1. The van der Waals surface area contributed by atoms with Gasteiger partial charge in [0.15, 0.2) is 17.4 Å². The molecule has 0 unspecified atom stereocenters. The Balaban J connectivity index is 1.88. The number of benzene rings is 1. The molecule has 1 aliphatic rings. The molecule has 2 rings (SSSR count). The van der Waals surface area contributed by atoms with E-state index >= 15 is 0 Å². The van der Waals surface area contributed by atoms with Gasteiger partial charge in [0.1, 0.15) is 0 Å². The third-order valence-corrected chi connectivity index (χ3v) is 3.03. The zero-order chi connectivity index (χ0) is 14.7. The SMILES string of the molecule is O=C(NCCCNC1CC1)c1cc(F)c(F)c(O)c1F. The van der Waals surface area contributed by atoms with Gasteiger partial charge >= 0.3 is 0 Å². The summed E-state index contributed by atoms with van der Waals surface area (Å²) < 4.78 is 39.3. The van der Waals surface area contributed by atoms with Gasteiger partial charge in [0.2, 0.25) is 5.82 Å². The fourth-order valence-electron chi connectivity index (χ4n) is 1.73. The molecule has 0 heterocycles. The smallest absolute Gasteiger partial charge is 0.254 e. The van der Waals surface area contributed by atoms with Crippen molar-refractivity contribution in [1.29, 1.82) is 0 Å². The van der Waals surface area contributed by atoms with Gasteiger partial charge in [-0.25, -0.2) is 8.78 Å². The Morgan fingerprint density at radius 3 is 2.60 bits per heavy atom. The summed E-state index contributed by atoms with van der Waals surface area (Å²) in [5.41, 5.74) is -0.712. The molecule has 1 amide bonds. The minimum atomic E-state index is -1.70. The van der Waals surface area contributed by atoms with Crippen LogP contribution in [0.1, 0.15) is 29.6 Å². The molecule has 1 aromatic rings. The minimum absolute atomic E-state index is 0.276. The molecule has 1 fully saturated rings. The molecule has 1 aromatic carbocycles. The molecule has 1 aliphatic carbocycles. The van der Waals surface area contributed by atoms with Crippen LogP contribution in [0.3, 0.4) is 0 Å². The summed E-state index contributed by atoms with van der Waals surface area (Å²) in [5.74, 6) is -7.00. The molecule has 0 aliphatic heterocycles. The Kier molecular flexibility index (Phi) is 4.49. The molecular formula is C13H15F3N2O2. The number of carbonyl (C=O) groups excluding carboxylic acids is 1. The van der Waals surface area contributed by atoms with Gasteiger partial charge in [0, 0.05) is 12.6 Å². The van der Waals surface area contributed by atoms with E-state index in [9.17, 15) is 18.0 Å². The Bertz CT molecular complexity index is 519. The molecular weight excluding hydrogens is 273 g/mol. The van der Waals surface area contributed by atoms with Crippen LogP contribution < -0.4 is 10.6 Å². The maximum atomic E-state index is 13.5. The van der Waals surface area contributed by atoms with Crippen LogP contribution in [0, 0.1) is 17.5 Å². The first-order valence-corrected chi connectivity index (χ1v) is 6.38. The van der Waals surface area contributed by atoms with E-state index < -0.39 is 34.7 Å². The van der Waals surface area contributed by atoms with E-state index in [1.807, 2.05) is 0 Å².